The third kappa shape index (κ3) is 2.49. The van der Waals surface area contributed by atoms with E-state index in [1.54, 1.807) is 10.9 Å². The highest BCUT2D eigenvalue weighted by molar-refractivity contribution is 5.23. The van der Waals surface area contributed by atoms with E-state index in [4.69, 9.17) is 0 Å². The molecule has 108 valence electrons. The van der Waals surface area contributed by atoms with Crippen molar-refractivity contribution < 1.29 is 5.11 Å². The Morgan fingerprint density at radius 1 is 1.35 bits per heavy atom. The summed E-state index contributed by atoms with van der Waals surface area (Å²) in [6.45, 7) is 4.53. The van der Waals surface area contributed by atoms with Crippen LogP contribution in [0.1, 0.15) is 31.7 Å². The van der Waals surface area contributed by atoms with E-state index in [0.717, 1.165) is 4.57 Å². The molecular weight excluding hydrogens is 262 g/mol. The van der Waals surface area contributed by atoms with E-state index in [0.29, 0.717) is 25.2 Å². The van der Waals surface area contributed by atoms with Gasteiger partial charge in [0.1, 0.15) is 6.33 Å². The van der Waals surface area contributed by atoms with Crippen LogP contribution < -0.4 is 11.2 Å². The van der Waals surface area contributed by atoms with Crippen LogP contribution in [0.2, 0.25) is 0 Å². The number of H-pyrrole nitrogens is 1. The van der Waals surface area contributed by atoms with E-state index in [9.17, 15) is 14.7 Å². The van der Waals surface area contributed by atoms with E-state index in [-0.39, 0.29) is 18.0 Å². The summed E-state index contributed by atoms with van der Waals surface area (Å²) in [6.07, 6.45) is 2.65. The molecule has 0 saturated carbocycles. The lowest BCUT2D eigenvalue weighted by atomic mass is 10.2. The van der Waals surface area contributed by atoms with Gasteiger partial charge in [-0.1, -0.05) is 13.3 Å². The summed E-state index contributed by atoms with van der Waals surface area (Å²) < 4.78 is 2.86. The van der Waals surface area contributed by atoms with Crippen LogP contribution in [0.3, 0.4) is 0 Å². The molecule has 2 aromatic rings. The van der Waals surface area contributed by atoms with E-state index < -0.39 is 11.2 Å². The average molecular weight is 279 g/mol. The Kier molecular flexibility index (Phi) is 4.02. The van der Waals surface area contributed by atoms with Gasteiger partial charge in [0.05, 0.1) is 12.1 Å². The molecule has 2 heterocycles. The zero-order valence-corrected chi connectivity index (χ0v) is 11.5. The van der Waals surface area contributed by atoms with Crippen LogP contribution in [-0.2, 0) is 19.5 Å². The molecule has 0 unspecified atom stereocenters. The SMILES string of the molecule is CCCc1c(O)n(Cc2nncn2CC)c(=O)[nH]c1=O. The number of aromatic nitrogens is 5. The molecule has 0 spiro atoms. The number of nitrogens with one attached hydrogen (secondary N) is 1. The molecular formula is C12H17N5O3. The smallest absolute Gasteiger partial charge is 0.331 e. The molecule has 0 aromatic carbocycles. The highest BCUT2D eigenvalue weighted by atomic mass is 16.3. The van der Waals surface area contributed by atoms with Gasteiger partial charge in [-0.15, -0.1) is 10.2 Å². The van der Waals surface area contributed by atoms with Gasteiger partial charge in [-0.3, -0.25) is 14.3 Å². The lowest BCUT2D eigenvalue weighted by molar-refractivity contribution is 0.396. The molecule has 0 bridgehead atoms. The first kappa shape index (κ1) is 14.0. The number of rotatable bonds is 5. The number of hydrogen-bond donors (Lipinski definition) is 2. The largest absolute Gasteiger partial charge is 0.494 e. The van der Waals surface area contributed by atoms with Gasteiger partial charge in [0, 0.05) is 6.54 Å². The van der Waals surface area contributed by atoms with Crippen molar-refractivity contribution in [1.29, 1.82) is 0 Å². The molecule has 0 aliphatic carbocycles. The van der Waals surface area contributed by atoms with Gasteiger partial charge in [0.2, 0.25) is 5.88 Å². The Hall–Kier alpha value is -2.38. The molecule has 2 aromatic heterocycles. The molecule has 20 heavy (non-hydrogen) atoms. The van der Waals surface area contributed by atoms with Crippen molar-refractivity contribution in [3.63, 3.8) is 0 Å². The fourth-order valence-electron chi connectivity index (χ4n) is 2.03. The molecule has 0 aliphatic heterocycles. The molecule has 2 N–H and O–H groups in total. The average Bonchev–Trinajstić information content (AvgIpc) is 2.86. The summed E-state index contributed by atoms with van der Waals surface area (Å²) in [5.74, 6) is 0.241. The molecule has 2 rings (SSSR count). The maximum Gasteiger partial charge on any atom is 0.331 e. The summed E-state index contributed by atoms with van der Waals surface area (Å²) in [6, 6.07) is 0. The predicted molar refractivity (Wildman–Crippen MR) is 71.8 cm³/mol. The molecule has 0 saturated heterocycles. The monoisotopic (exact) mass is 279 g/mol. The molecule has 0 radical (unpaired) electrons. The molecule has 8 nitrogen and oxygen atoms in total. The van der Waals surface area contributed by atoms with Gasteiger partial charge in [-0.05, 0) is 13.3 Å². The Bertz CT molecular complexity index is 713. The highest BCUT2D eigenvalue weighted by Crippen LogP contribution is 2.13. The van der Waals surface area contributed by atoms with Crippen LogP contribution in [0.4, 0.5) is 0 Å². The van der Waals surface area contributed by atoms with E-state index in [1.165, 1.54) is 0 Å². The van der Waals surface area contributed by atoms with Crippen molar-refractivity contribution >= 4 is 0 Å². The highest BCUT2D eigenvalue weighted by Gasteiger charge is 2.15. The summed E-state index contributed by atoms with van der Waals surface area (Å²) in [5, 5.41) is 17.8. The minimum Gasteiger partial charge on any atom is -0.494 e. The Morgan fingerprint density at radius 3 is 2.75 bits per heavy atom. The topological polar surface area (TPSA) is 106 Å². The van der Waals surface area contributed by atoms with Gasteiger partial charge in [0.25, 0.3) is 5.56 Å². The summed E-state index contributed by atoms with van der Waals surface area (Å²) in [7, 11) is 0. The number of nitrogens with zero attached hydrogens (tertiary/aromatic N) is 4. The van der Waals surface area contributed by atoms with Crippen LogP contribution in [0.15, 0.2) is 15.9 Å². The maximum atomic E-state index is 11.8. The fourth-order valence-corrected chi connectivity index (χ4v) is 2.03. The fraction of sp³-hybridized carbons (Fsp3) is 0.500. The first-order valence-electron chi connectivity index (χ1n) is 6.50. The van der Waals surface area contributed by atoms with Gasteiger partial charge >= 0.3 is 5.69 Å². The predicted octanol–water partition coefficient (Wildman–Crippen LogP) is -0.146. The Morgan fingerprint density at radius 2 is 2.10 bits per heavy atom. The molecule has 8 heteroatoms. The van der Waals surface area contributed by atoms with Crippen LogP contribution in [0.25, 0.3) is 0 Å². The second kappa shape index (κ2) is 5.72. The van der Waals surface area contributed by atoms with Crippen molar-refractivity contribution in [2.45, 2.75) is 39.8 Å². The van der Waals surface area contributed by atoms with Crippen LogP contribution in [0, 0.1) is 0 Å². The lowest BCUT2D eigenvalue weighted by Crippen LogP contribution is -2.33. The number of aromatic hydroxyl groups is 1. The molecule has 0 amide bonds. The number of aryl methyl sites for hydroxylation is 1. The van der Waals surface area contributed by atoms with Crippen molar-refractivity contribution in [2.75, 3.05) is 0 Å². The van der Waals surface area contributed by atoms with Crippen molar-refractivity contribution in [2.24, 2.45) is 0 Å². The van der Waals surface area contributed by atoms with Crippen LogP contribution >= 0.6 is 0 Å². The van der Waals surface area contributed by atoms with Crippen molar-refractivity contribution in [1.82, 2.24) is 24.3 Å². The lowest BCUT2D eigenvalue weighted by Gasteiger charge is -2.11. The van der Waals surface area contributed by atoms with E-state index in [2.05, 4.69) is 15.2 Å². The third-order valence-electron chi connectivity index (χ3n) is 3.10. The zero-order valence-electron chi connectivity index (χ0n) is 11.5. The normalized spacial score (nSPS) is 10.9. The van der Waals surface area contributed by atoms with E-state index in [1.807, 2.05) is 13.8 Å². The second-order valence-corrected chi connectivity index (χ2v) is 4.43. The number of hydrogen-bond acceptors (Lipinski definition) is 5. The van der Waals surface area contributed by atoms with E-state index >= 15 is 0 Å². The Balaban J connectivity index is 2.49. The number of aromatic amines is 1. The van der Waals surface area contributed by atoms with Gasteiger partial charge < -0.3 is 9.67 Å². The minimum absolute atomic E-state index is 0.0615. The first-order chi connectivity index (χ1) is 9.58. The third-order valence-corrected chi connectivity index (χ3v) is 3.10. The van der Waals surface area contributed by atoms with Crippen molar-refractivity contribution in [3.8, 4) is 5.88 Å². The summed E-state index contributed by atoms with van der Waals surface area (Å²) >= 11 is 0. The van der Waals surface area contributed by atoms with Crippen LogP contribution in [0.5, 0.6) is 5.88 Å². The second-order valence-electron chi connectivity index (χ2n) is 4.43. The standard InChI is InChI=1S/C12H17N5O3/c1-3-5-8-10(18)14-12(20)17(11(8)19)6-9-15-13-7-16(9)4-2/h7,19H,3-6H2,1-2H3,(H,14,18,20). The first-order valence-corrected chi connectivity index (χ1v) is 6.50. The summed E-state index contributed by atoms with van der Waals surface area (Å²) in [4.78, 5) is 25.7. The van der Waals surface area contributed by atoms with Crippen LogP contribution in [-0.4, -0.2) is 29.4 Å². The Labute approximate surface area is 114 Å². The van der Waals surface area contributed by atoms with Gasteiger partial charge in [-0.25, -0.2) is 4.79 Å². The molecule has 0 fully saturated rings. The van der Waals surface area contributed by atoms with Gasteiger partial charge in [0.15, 0.2) is 5.82 Å². The quantitative estimate of drug-likeness (QED) is 0.792. The summed E-state index contributed by atoms with van der Waals surface area (Å²) in [5.41, 5.74) is -0.977. The molecule has 0 atom stereocenters. The van der Waals surface area contributed by atoms with Crippen molar-refractivity contribution in [3.05, 3.63) is 38.6 Å². The molecule has 0 aliphatic rings. The zero-order chi connectivity index (χ0) is 14.7. The minimum atomic E-state index is -0.655. The van der Waals surface area contributed by atoms with Gasteiger partial charge in [-0.2, -0.15) is 0 Å². The maximum absolute atomic E-state index is 11.8.